The first-order chi connectivity index (χ1) is 10.2. The van der Waals surface area contributed by atoms with Crippen molar-refractivity contribution in [1.82, 2.24) is 0 Å². The largest absolute Gasteiger partial charge is 0.489 e. The minimum Gasteiger partial charge on any atom is -0.489 e. The monoisotopic (exact) mass is 282 g/mol. The topological polar surface area (TPSA) is 45.0 Å². The van der Waals surface area contributed by atoms with Gasteiger partial charge in [-0.3, -0.25) is 0 Å². The molecule has 4 heteroatoms. The van der Waals surface area contributed by atoms with Gasteiger partial charge in [0.15, 0.2) is 0 Å². The zero-order valence-electron chi connectivity index (χ0n) is 11.5. The summed E-state index contributed by atoms with van der Waals surface area (Å²) in [4.78, 5) is 0. The molecule has 2 aromatic carbocycles. The van der Waals surface area contributed by atoms with E-state index >= 15 is 0 Å². The summed E-state index contributed by atoms with van der Waals surface area (Å²) in [5.74, 6) is 0.289. The summed E-state index contributed by atoms with van der Waals surface area (Å²) in [6, 6.07) is 13.8. The number of anilines is 1. The molecule has 2 rings (SSSR count). The first-order valence-electron chi connectivity index (χ1n) is 6.49. The zero-order chi connectivity index (χ0) is 15.1. The first-order valence-corrected chi connectivity index (χ1v) is 6.49. The van der Waals surface area contributed by atoms with Crippen molar-refractivity contribution in [3.63, 3.8) is 0 Å². The SMILES string of the molecule is C=CCOc1ccccc1CNc1ccc(C#N)cc1F. The number of benzene rings is 2. The van der Waals surface area contributed by atoms with Crippen LogP contribution in [0.3, 0.4) is 0 Å². The molecule has 0 aliphatic carbocycles. The molecule has 3 nitrogen and oxygen atoms in total. The summed E-state index contributed by atoms with van der Waals surface area (Å²) in [6.07, 6.45) is 1.67. The van der Waals surface area contributed by atoms with Gasteiger partial charge < -0.3 is 10.1 Å². The highest BCUT2D eigenvalue weighted by Crippen LogP contribution is 2.21. The van der Waals surface area contributed by atoms with E-state index in [2.05, 4.69) is 11.9 Å². The zero-order valence-corrected chi connectivity index (χ0v) is 11.5. The lowest BCUT2D eigenvalue weighted by atomic mass is 10.1. The molecule has 1 N–H and O–H groups in total. The van der Waals surface area contributed by atoms with Crippen LogP contribution in [-0.2, 0) is 6.54 Å². The number of rotatable bonds is 6. The minimum absolute atomic E-state index is 0.299. The van der Waals surface area contributed by atoms with Gasteiger partial charge in [-0.2, -0.15) is 5.26 Å². The Kier molecular flexibility index (Phi) is 4.94. The van der Waals surface area contributed by atoms with Gasteiger partial charge in [-0.25, -0.2) is 4.39 Å². The molecule has 2 aromatic rings. The molecular weight excluding hydrogens is 267 g/mol. The summed E-state index contributed by atoms with van der Waals surface area (Å²) < 4.78 is 19.3. The second-order valence-electron chi connectivity index (χ2n) is 4.37. The molecule has 21 heavy (non-hydrogen) atoms. The molecule has 0 fully saturated rings. The molecule has 0 aliphatic rings. The van der Waals surface area contributed by atoms with Crippen LogP contribution >= 0.6 is 0 Å². The van der Waals surface area contributed by atoms with Gasteiger partial charge in [0.05, 0.1) is 17.3 Å². The van der Waals surface area contributed by atoms with E-state index in [0.717, 1.165) is 11.3 Å². The standard InChI is InChI=1S/C17H15FN2O/c1-2-9-21-17-6-4-3-5-14(17)12-20-16-8-7-13(11-19)10-15(16)18/h2-8,10,20H,1,9,12H2. The summed E-state index contributed by atoms with van der Waals surface area (Å²) in [6.45, 7) is 4.46. The molecule has 0 heterocycles. The molecule has 0 saturated carbocycles. The van der Waals surface area contributed by atoms with Crippen LogP contribution in [0, 0.1) is 17.1 Å². The molecule has 0 aliphatic heterocycles. The van der Waals surface area contributed by atoms with Crippen molar-refractivity contribution in [2.24, 2.45) is 0 Å². The highest BCUT2D eigenvalue weighted by molar-refractivity contribution is 5.50. The molecule has 0 amide bonds. The number of nitriles is 1. The summed E-state index contributed by atoms with van der Waals surface area (Å²) >= 11 is 0. The van der Waals surface area contributed by atoms with Crippen LogP contribution in [0.25, 0.3) is 0 Å². The van der Waals surface area contributed by atoms with Crippen molar-refractivity contribution in [3.05, 3.63) is 72.1 Å². The molecule has 0 radical (unpaired) electrons. The van der Waals surface area contributed by atoms with Crippen molar-refractivity contribution in [2.75, 3.05) is 11.9 Å². The molecule has 0 unspecified atom stereocenters. The van der Waals surface area contributed by atoms with Gasteiger partial charge in [0, 0.05) is 12.1 Å². The maximum atomic E-state index is 13.8. The fourth-order valence-electron chi connectivity index (χ4n) is 1.86. The third-order valence-electron chi connectivity index (χ3n) is 2.90. The Hall–Kier alpha value is -2.80. The molecule has 0 atom stereocenters. The van der Waals surface area contributed by atoms with Crippen LogP contribution in [0.4, 0.5) is 10.1 Å². The predicted molar refractivity (Wildman–Crippen MR) is 80.6 cm³/mol. The summed E-state index contributed by atoms with van der Waals surface area (Å²) in [7, 11) is 0. The van der Waals surface area contributed by atoms with E-state index in [9.17, 15) is 4.39 Å². The van der Waals surface area contributed by atoms with Crippen molar-refractivity contribution in [3.8, 4) is 11.8 Å². The Labute approximate surface area is 123 Å². The van der Waals surface area contributed by atoms with Gasteiger partial charge in [-0.05, 0) is 24.3 Å². The van der Waals surface area contributed by atoms with Crippen LogP contribution < -0.4 is 10.1 Å². The fourth-order valence-corrected chi connectivity index (χ4v) is 1.86. The number of halogens is 1. The Bertz CT molecular complexity index is 677. The van der Waals surface area contributed by atoms with Crippen LogP contribution in [0.5, 0.6) is 5.75 Å². The number of ether oxygens (including phenoxy) is 1. The van der Waals surface area contributed by atoms with Crippen LogP contribution in [-0.4, -0.2) is 6.61 Å². The third-order valence-corrected chi connectivity index (χ3v) is 2.90. The third kappa shape index (κ3) is 3.83. The highest BCUT2D eigenvalue weighted by Gasteiger charge is 2.06. The number of nitrogens with one attached hydrogen (secondary N) is 1. The van der Waals surface area contributed by atoms with Crippen molar-refractivity contribution in [2.45, 2.75) is 6.54 Å². The molecule has 0 aromatic heterocycles. The first kappa shape index (κ1) is 14.6. The second kappa shape index (κ2) is 7.11. The van der Waals surface area contributed by atoms with Crippen LogP contribution in [0.2, 0.25) is 0 Å². The number of hydrogen-bond donors (Lipinski definition) is 1. The lowest BCUT2D eigenvalue weighted by Gasteiger charge is -2.12. The maximum absolute atomic E-state index is 13.8. The molecule has 0 spiro atoms. The normalized spacial score (nSPS) is 9.71. The molecule has 106 valence electrons. The molecule has 0 bridgehead atoms. The maximum Gasteiger partial charge on any atom is 0.147 e. The van der Waals surface area contributed by atoms with Crippen LogP contribution in [0.15, 0.2) is 55.1 Å². The van der Waals surface area contributed by atoms with Gasteiger partial charge in [-0.1, -0.05) is 30.9 Å². The number of para-hydroxylation sites is 1. The van der Waals surface area contributed by atoms with E-state index in [4.69, 9.17) is 10.00 Å². The van der Waals surface area contributed by atoms with Gasteiger partial charge in [0.25, 0.3) is 0 Å². The Morgan fingerprint density at radius 3 is 2.81 bits per heavy atom. The fraction of sp³-hybridized carbons (Fsp3) is 0.118. The Morgan fingerprint density at radius 1 is 1.29 bits per heavy atom. The van der Waals surface area contributed by atoms with E-state index in [1.54, 1.807) is 18.2 Å². The average Bonchev–Trinajstić information content (AvgIpc) is 2.52. The lowest BCUT2D eigenvalue weighted by Crippen LogP contribution is -2.04. The Morgan fingerprint density at radius 2 is 2.10 bits per heavy atom. The highest BCUT2D eigenvalue weighted by atomic mass is 19.1. The van der Waals surface area contributed by atoms with E-state index < -0.39 is 5.82 Å². The van der Waals surface area contributed by atoms with E-state index in [-0.39, 0.29) is 0 Å². The van der Waals surface area contributed by atoms with Crippen molar-refractivity contribution < 1.29 is 9.13 Å². The number of nitrogens with zero attached hydrogens (tertiary/aromatic N) is 1. The summed E-state index contributed by atoms with van der Waals surface area (Å²) in [5, 5.41) is 11.7. The lowest BCUT2D eigenvalue weighted by molar-refractivity contribution is 0.359. The van der Waals surface area contributed by atoms with Crippen LogP contribution in [0.1, 0.15) is 11.1 Å². The van der Waals surface area contributed by atoms with E-state index in [1.807, 2.05) is 30.3 Å². The average molecular weight is 282 g/mol. The van der Waals surface area contributed by atoms with E-state index in [0.29, 0.717) is 24.4 Å². The molecular formula is C17H15FN2O. The number of hydrogen-bond acceptors (Lipinski definition) is 3. The summed E-state index contributed by atoms with van der Waals surface area (Å²) in [5.41, 5.74) is 1.57. The smallest absolute Gasteiger partial charge is 0.147 e. The van der Waals surface area contributed by atoms with Crippen molar-refractivity contribution in [1.29, 1.82) is 5.26 Å². The van der Waals surface area contributed by atoms with Gasteiger partial charge in [0.1, 0.15) is 18.2 Å². The Balaban J connectivity index is 2.09. The van der Waals surface area contributed by atoms with Crippen molar-refractivity contribution >= 4 is 5.69 Å². The van der Waals surface area contributed by atoms with Gasteiger partial charge in [-0.15, -0.1) is 0 Å². The molecule has 0 saturated heterocycles. The predicted octanol–water partition coefficient (Wildman–Crippen LogP) is 3.87. The van der Waals surface area contributed by atoms with Gasteiger partial charge in [0.2, 0.25) is 0 Å². The quantitative estimate of drug-likeness (QED) is 0.818. The van der Waals surface area contributed by atoms with Gasteiger partial charge >= 0.3 is 0 Å². The second-order valence-corrected chi connectivity index (χ2v) is 4.37. The minimum atomic E-state index is -0.446. The van der Waals surface area contributed by atoms with E-state index in [1.165, 1.54) is 6.07 Å².